The van der Waals surface area contributed by atoms with Gasteiger partial charge in [0.15, 0.2) is 0 Å². The molecular formula is C13H26N2O2. The molecule has 1 aliphatic rings. The lowest BCUT2D eigenvalue weighted by molar-refractivity contribution is -0.153. The lowest BCUT2D eigenvalue weighted by Gasteiger charge is -2.47. The maximum atomic E-state index is 11.9. The quantitative estimate of drug-likeness (QED) is 0.684. The highest BCUT2D eigenvalue weighted by molar-refractivity contribution is 5.76. The summed E-state index contributed by atoms with van der Waals surface area (Å²) in [6, 6.07) is 0.334. The van der Waals surface area contributed by atoms with Crippen LogP contribution in [0.3, 0.4) is 0 Å². The standard InChI is InChI=1S/C13H26N2O2/c1-10(2)14-7-8-15(13(3,4)5)11(9-14)12(16)17-6/h10-11H,7-9H2,1-6H3. The predicted molar refractivity (Wildman–Crippen MR) is 69.0 cm³/mol. The van der Waals surface area contributed by atoms with Crippen molar-refractivity contribution in [3.8, 4) is 0 Å². The molecule has 0 aromatic rings. The van der Waals surface area contributed by atoms with Crippen molar-refractivity contribution in [2.24, 2.45) is 0 Å². The third-order valence-corrected chi connectivity index (χ3v) is 3.48. The molecule has 0 aliphatic carbocycles. The van der Waals surface area contributed by atoms with Gasteiger partial charge in [0.25, 0.3) is 0 Å². The van der Waals surface area contributed by atoms with Crippen molar-refractivity contribution >= 4 is 5.97 Å². The van der Waals surface area contributed by atoms with Gasteiger partial charge < -0.3 is 4.74 Å². The molecule has 0 spiro atoms. The number of methoxy groups -OCH3 is 1. The SMILES string of the molecule is COC(=O)C1CN(C(C)C)CCN1C(C)(C)C. The predicted octanol–water partition coefficient (Wildman–Crippen LogP) is 1.35. The number of hydrogen-bond donors (Lipinski definition) is 0. The summed E-state index contributed by atoms with van der Waals surface area (Å²) < 4.78 is 4.94. The van der Waals surface area contributed by atoms with Gasteiger partial charge in [-0.25, -0.2) is 0 Å². The monoisotopic (exact) mass is 242 g/mol. The zero-order valence-corrected chi connectivity index (χ0v) is 12.0. The third kappa shape index (κ3) is 3.42. The van der Waals surface area contributed by atoms with E-state index in [4.69, 9.17) is 4.74 Å². The molecule has 0 aromatic heterocycles. The fourth-order valence-electron chi connectivity index (χ4n) is 2.41. The molecule has 0 bridgehead atoms. The highest BCUT2D eigenvalue weighted by Crippen LogP contribution is 2.22. The average Bonchev–Trinajstić information content (AvgIpc) is 2.25. The van der Waals surface area contributed by atoms with Crippen LogP contribution in [0.2, 0.25) is 0 Å². The molecule has 1 aliphatic heterocycles. The van der Waals surface area contributed by atoms with Crippen molar-refractivity contribution < 1.29 is 9.53 Å². The van der Waals surface area contributed by atoms with E-state index in [2.05, 4.69) is 44.4 Å². The zero-order valence-electron chi connectivity index (χ0n) is 12.0. The van der Waals surface area contributed by atoms with Crippen LogP contribution >= 0.6 is 0 Å². The number of esters is 1. The molecular weight excluding hydrogens is 216 g/mol. The molecule has 0 aromatic carbocycles. The van der Waals surface area contributed by atoms with E-state index in [0.717, 1.165) is 19.6 Å². The second-order valence-corrected chi connectivity index (χ2v) is 5.99. The van der Waals surface area contributed by atoms with Crippen LogP contribution in [-0.4, -0.2) is 60.1 Å². The van der Waals surface area contributed by atoms with Crippen molar-refractivity contribution in [3.63, 3.8) is 0 Å². The van der Waals surface area contributed by atoms with E-state index in [0.29, 0.717) is 6.04 Å². The van der Waals surface area contributed by atoms with E-state index in [9.17, 15) is 4.79 Å². The Labute approximate surface area is 105 Å². The Morgan fingerprint density at radius 1 is 1.29 bits per heavy atom. The molecule has 1 unspecified atom stereocenters. The summed E-state index contributed by atoms with van der Waals surface area (Å²) >= 11 is 0. The highest BCUT2D eigenvalue weighted by Gasteiger charge is 2.39. The molecule has 1 heterocycles. The molecule has 1 atom stereocenters. The van der Waals surface area contributed by atoms with Crippen LogP contribution in [0.4, 0.5) is 0 Å². The molecule has 0 N–H and O–H groups in total. The van der Waals surface area contributed by atoms with Gasteiger partial charge in [0.1, 0.15) is 6.04 Å². The first-order valence-electron chi connectivity index (χ1n) is 6.36. The number of nitrogens with zero attached hydrogens (tertiary/aromatic N) is 2. The van der Waals surface area contributed by atoms with Crippen LogP contribution in [0.5, 0.6) is 0 Å². The Kier molecular flexibility index (Phi) is 4.55. The van der Waals surface area contributed by atoms with Gasteiger partial charge in [0.05, 0.1) is 7.11 Å². The maximum Gasteiger partial charge on any atom is 0.324 e. The van der Waals surface area contributed by atoms with Gasteiger partial charge >= 0.3 is 5.97 Å². The minimum Gasteiger partial charge on any atom is -0.468 e. The van der Waals surface area contributed by atoms with E-state index >= 15 is 0 Å². The smallest absolute Gasteiger partial charge is 0.324 e. The fraction of sp³-hybridized carbons (Fsp3) is 0.923. The van der Waals surface area contributed by atoms with Gasteiger partial charge in [-0.1, -0.05) is 0 Å². The third-order valence-electron chi connectivity index (χ3n) is 3.48. The Balaban J connectivity index is 2.83. The number of rotatable bonds is 2. The van der Waals surface area contributed by atoms with Crippen molar-refractivity contribution in [1.82, 2.24) is 9.80 Å². The van der Waals surface area contributed by atoms with Crippen LogP contribution in [-0.2, 0) is 9.53 Å². The molecule has 100 valence electrons. The summed E-state index contributed by atoms with van der Waals surface area (Å²) in [5.74, 6) is -0.120. The summed E-state index contributed by atoms with van der Waals surface area (Å²) in [6.07, 6.45) is 0. The minimum absolute atomic E-state index is 0.00191. The van der Waals surface area contributed by atoms with Gasteiger partial charge in [-0.15, -0.1) is 0 Å². The van der Waals surface area contributed by atoms with E-state index in [1.54, 1.807) is 0 Å². The molecule has 4 nitrogen and oxygen atoms in total. The molecule has 0 radical (unpaired) electrons. The van der Waals surface area contributed by atoms with Gasteiger partial charge in [-0.05, 0) is 34.6 Å². The molecule has 1 saturated heterocycles. The van der Waals surface area contributed by atoms with E-state index in [1.165, 1.54) is 7.11 Å². The number of ether oxygens (including phenoxy) is 1. The Morgan fingerprint density at radius 2 is 1.88 bits per heavy atom. The van der Waals surface area contributed by atoms with E-state index < -0.39 is 0 Å². The zero-order chi connectivity index (χ0) is 13.2. The lowest BCUT2D eigenvalue weighted by Crippen LogP contribution is -2.63. The van der Waals surface area contributed by atoms with Crippen LogP contribution in [0.15, 0.2) is 0 Å². The molecule has 0 amide bonds. The van der Waals surface area contributed by atoms with Gasteiger partial charge in [0.2, 0.25) is 0 Å². The molecule has 1 rings (SSSR count). The fourth-order valence-corrected chi connectivity index (χ4v) is 2.41. The Bertz CT molecular complexity index is 271. The van der Waals surface area contributed by atoms with E-state index in [-0.39, 0.29) is 17.6 Å². The first-order chi connectivity index (χ1) is 7.77. The number of piperazine rings is 1. The summed E-state index contributed by atoms with van der Waals surface area (Å²) in [7, 11) is 1.47. The lowest BCUT2D eigenvalue weighted by atomic mass is 9.99. The topological polar surface area (TPSA) is 32.8 Å². The summed E-state index contributed by atoms with van der Waals surface area (Å²) in [4.78, 5) is 16.5. The summed E-state index contributed by atoms with van der Waals surface area (Å²) in [5.41, 5.74) is 0.00191. The van der Waals surface area contributed by atoms with Crippen molar-refractivity contribution in [2.75, 3.05) is 26.7 Å². The minimum atomic E-state index is -0.142. The first kappa shape index (κ1) is 14.5. The van der Waals surface area contributed by atoms with Gasteiger partial charge in [-0.2, -0.15) is 0 Å². The van der Waals surface area contributed by atoms with Crippen LogP contribution in [0, 0.1) is 0 Å². The van der Waals surface area contributed by atoms with Crippen molar-refractivity contribution in [2.45, 2.75) is 52.2 Å². The normalized spacial score (nSPS) is 24.1. The number of carbonyl (C=O) groups is 1. The van der Waals surface area contributed by atoms with Crippen LogP contribution in [0.25, 0.3) is 0 Å². The molecule has 1 fully saturated rings. The largest absolute Gasteiger partial charge is 0.468 e. The van der Waals surface area contributed by atoms with Crippen molar-refractivity contribution in [1.29, 1.82) is 0 Å². The van der Waals surface area contributed by atoms with Gasteiger partial charge in [0, 0.05) is 31.2 Å². The maximum absolute atomic E-state index is 11.9. The number of hydrogen-bond acceptors (Lipinski definition) is 4. The molecule has 17 heavy (non-hydrogen) atoms. The second kappa shape index (κ2) is 5.36. The Hall–Kier alpha value is -0.610. The molecule has 4 heteroatoms. The van der Waals surface area contributed by atoms with Gasteiger partial charge in [-0.3, -0.25) is 14.6 Å². The highest BCUT2D eigenvalue weighted by atomic mass is 16.5. The number of carbonyl (C=O) groups excluding carboxylic acids is 1. The molecule has 0 saturated carbocycles. The summed E-state index contributed by atoms with van der Waals surface area (Å²) in [6.45, 7) is 13.5. The van der Waals surface area contributed by atoms with Crippen LogP contribution in [0.1, 0.15) is 34.6 Å². The summed E-state index contributed by atoms with van der Waals surface area (Å²) in [5, 5.41) is 0. The van der Waals surface area contributed by atoms with Crippen molar-refractivity contribution in [3.05, 3.63) is 0 Å². The average molecular weight is 242 g/mol. The Morgan fingerprint density at radius 3 is 2.29 bits per heavy atom. The second-order valence-electron chi connectivity index (χ2n) is 5.99. The van der Waals surface area contributed by atoms with E-state index in [1.807, 2.05) is 0 Å². The van der Waals surface area contributed by atoms with Crippen LogP contribution < -0.4 is 0 Å². The first-order valence-corrected chi connectivity index (χ1v) is 6.36.